The fraction of sp³-hybridized carbons (Fsp3) is 0.118. The van der Waals surface area contributed by atoms with E-state index in [0.717, 1.165) is 11.3 Å². The highest BCUT2D eigenvalue weighted by atomic mass is 32.2. The van der Waals surface area contributed by atoms with Crippen LogP contribution in [-0.2, 0) is 16.4 Å². The molecule has 0 atom stereocenters. The third kappa shape index (κ3) is 4.09. The van der Waals surface area contributed by atoms with Gasteiger partial charge in [-0.05, 0) is 24.3 Å². The predicted molar refractivity (Wildman–Crippen MR) is 92.8 cm³/mol. The quantitative estimate of drug-likeness (QED) is 0.711. The molecule has 25 heavy (non-hydrogen) atoms. The van der Waals surface area contributed by atoms with E-state index in [1.807, 2.05) is 0 Å². The number of rotatable bonds is 6. The standard InChI is InChI=1S/C17H14F2N2O2S2/c18-14-7-4-8-15(19)16(14)17-21-12(11-24-17)9-10-20-25(22,23)13-5-2-1-3-6-13/h1-8,11,20H,9-10H2. The second-order valence-corrected chi connectivity index (χ2v) is 7.83. The molecule has 130 valence electrons. The zero-order valence-corrected chi connectivity index (χ0v) is 14.6. The number of sulfonamides is 1. The number of benzene rings is 2. The fourth-order valence-corrected chi connectivity index (χ4v) is 4.19. The van der Waals surface area contributed by atoms with Crippen LogP contribution in [0.15, 0.2) is 58.8 Å². The van der Waals surface area contributed by atoms with E-state index in [0.29, 0.717) is 12.1 Å². The highest BCUT2D eigenvalue weighted by Crippen LogP contribution is 2.28. The minimum Gasteiger partial charge on any atom is -0.241 e. The number of nitrogens with zero attached hydrogens (tertiary/aromatic N) is 1. The average Bonchev–Trinajstić information content (AvgIpc) is 3.04. The van der Waals surface area contributed by atoms with Gasteiger partial charge in [0.25, 0.3) is 0 Å². The van der Waals surface area contributed by atoms with E-state index in [-0.39, 0.29) is 22.0 Å². The Balaban J connectivity index is 1.67. The summed E-state index contributed by atoms with van der Waals surface area (Å²) < 4.78 is 54.3. The normalized spacial score (nSPS) is 11.6. The van der Waals surface area contributed by atoms with Crippen LogP contribution in [0.25, 0.3) is 10.6 Å². The van der Waals surface area contributed by atoms with Gasteiger partial charge in [0.2, 0.25) is 10.0 Å². The Morgan fingerprint density at radius 1 is 1.00 bits per heavy atom. The van der Waals surface area contributed by atoms with E-state index in [1.54, 1.807) is 23.6 Å². The van der Waals surface area contributed by atoms with Gasteiger partial charge in [0.15, 0.2) is 0 Å². The lowest BCUT2D eigenvalue weighted by Crippen LogP contribution is -2.26. The lowest BCUT2D eigenvalue weighted by atomic mass is 10.2. The molecule has 0 radical (unpaired) electrons. The number of aromatic nitrogens is 1. The maximum Gasteiger partial charge on any atom is 0.240 e. The molecule has 1 heterocycles. The van der Waals surface area contributed by atoms with Gasteiger partial charge in [-0.1, -0.05) is 24.3 Å². The van der Waals surface area contributed by atoms with Crippen molar-refractivity contribution in [2.75, 3.05) is 6.54 Å². The summed E-state index contributed by atoms with van der Waals surface area (Å²) >= 11 is 1.12. The average molecular weight is 380 g/mol. The number of thiazole rings is 1. The van der Waals surface area contributed by atoms with Crippen LogP contribution in [0.3, 0.4) is 0 Å². The van der Waals surface area contributed by atoms with Gasteiger partial charge in [0.05, 0.1) is 16.2 Å². The van der Waals surface area contributed by atoms with Crippen molar-refractivity contribution in [3.8, 4) is 10.6 Å². The van der Waals surface area contributed by atoms with E-state index in [1.165, 1.54) is 30.3 Å². The molecule has 0 aliphatic rings. The Kier molecular flexibility index (Phi) is 5.22. The van der Waals surface area contributed by atoms with Gasteiger partial charge >= 0.3 is 0 Å². The first-order valence-electron chi connectivity index (χ1n) is 7.41. The van der Waals surface area contributed by atoms with Crippen molar-refractivity contribution in [1.82, 2.24) is 9.71 Å². The first-order valence-corrected chi connectivity index (χ1v) is 9.77. The topological polar surface area (TPSA) is 59.1 Å². The Labute approximate surface area is 148 Å². The van der Waals surface area contributed by atoms with Gasteiger partial charge in [-0.2, -0.15) is 0 Å². The van der Waals surface area contributed by atoms with Crippen LogP contribution in [0.2, 0.25) is 0 Å². The van der Waals surface area contributed by atoms with Gasteiger partial charge in [-0.15, -0.1) is 11.3 Å². The molecule has 0 aliphatic carbocycles. The summed E-state index contributed by atoms with van der Waals surface area (Å²) in [5, 5.41) is 1.90. The molecule has 3 aromatic rings. The predicted octanol–water partition coefficient (Wildman–Crippen LogP) is 3.61. The van der Waals surface area contributed by atoms with Gasteiger partial charge in [-0.3, -0.25) is 0 Å². The SMILES string of the molecule is O=S(=O)(NCCc1csc(-c2c(F)cccc2F)n1)c1ccccc1. The van der Waals surface area contributed by atoms with Gasteiger partial charge in [0.1, 0.15) is 16.6 Å². The lowest BCUT2D eigenvalue weighted by Gasteiger charge is -2.05. The summed E-state index contributed by atoms with van der Waals surface area (Å²) in [6.07, 6.45) is 0.318. The highest BCUT2D eigenvalue weighted by Gasteiger charge is 2.16. The molecule has 0 amide bonds. The Bertz CT molecular complexity index is 953. The van der Waals surface area contributed by atoms with Crippen LogP contribution in [0.4, 0.5) is 8.78 Å². The molecule has 1 aromatic heterocycles. The summed E-state index contributed by atoms with van der Waals surface area (Å²) in [5.41, 5.74) is 0.405. The maximum atomic E-state index is 13.8. The zero-order chi connectivity index (χ0) is 17.9. The van der Waals surface area contributed by atoms with E-state index in [9.17, 15) is 17.2 Å². The second-order valence-electron chi connectivity index (χ2n) is 5.20. The molecule has 8 heteroatoms. The number of hydrogen-bond acceptors (Lipinski definition) is 4. The summed E-state index contributed by atoms with van der Waals surface area (Å²) in [7, 11) is -3.58. The molecule has 0 fully saturated rings. The third-order valence-corrected chi connectivity index (χ3v) is 5.84. The minimum absolute atomic E-state index is 0.139. The molecule has 4 nitrogen and oxygen atoms in total. The van der Waals surface area contributed by atoms with Crippen molar-refractivity contribution in [3.63, 3.8) is 0 Å². The van der Waals surface area contributed by atoms with E-state index in [4.69, 9.17) is 0 Å². The van der Waals surface area contributed by atoms with Crippen LogP contribution >= 0.6 is 11.3 Å². The highest BCUT2D eigenvalue weighted by molar-refractivity contribution is 7.89. The molecule has 3 rings (SSSR count). The van der Waals surface area contributed by atoms with Crippen molar-refractivity contribution in [2.24, 2.45) is 0 Å². The Morgan fingerprint density at radius 2 is 1.68 bits per heavy atom. The second kappa shape index (κ2) is 7.38. The van der Waals surface area contributed by atoms with Gasteiger partial charge in [0, 0.05) is 18.3 Å². The molecule has 0 unspecified atom stereocenters. The van der Waals surface area contributed by atoms with Crippen LogP contribution in [-0.4, -0.2) is 19.9 Å². The van der Waals surface area contributed by atoms with Crippen molar-refractivity contribution in [1.29, 1.82) is 0 Å². The molecule has 2 aromatic carbocycles. The maximum absolute atomic E-state index is 13.8. The third-order valence-electron chi connectivity index (χ3n) is 3.46. The molecule has 0 saturated heterocycles. The summed E-state index contributed by atoms with van der Waals surface area (Å²) in [6.45, 7) is 0.139. The van der Waals surface area contributed by atoms with Gasteiger partial charge in [-0.25, -0.2) is 26.9 Å². The van der Waals surface area contributed by atoms with Gasteiger partial charge < -0.3 is 0 Å². The van der Waals surface area contributed by atoms with E-state index < -0.39 is 21.7 Å². The summed E-state index contributed by atoms with van der Waals surface area (Å²) in [4.78, 5) is 4.38. The largest absolute Gasteiger partial charge is 0.241 e. The molecular weight excluding hydrogens is 366 g/mol. The van der Waals surface area contributed by atoms with E-state index >= 15 is 0 Å². The molecule has 1 N–H and O–H groups in total. The van der Waals surface area contributed by atoms with Crippen LogP contribution in [0.5, 0.6) is 0 Å². The summed E-state index contributed by atoms with van der Waals surface area (Å²) in [6, 6.07) is 11.7. The number of nitrogens with one attached hydrogen (secondary N) is 1. The lowest BCUT2D eigenvalue weighted by molar-refractivity contribution is 0.581. The monoisotopic (exact) mass is 380 g/mol. The first kappa shape index (κ1) is 17.7. The fourth-order valence-electron chi connectivity index (χ4n) is 2.24. The van der Waals surface area contributed by atoms with Crippen LogP contribution in [0.1, 0.15) is 5.69 Å². The smallest absolute Gasteiger partial charge is 0.240 e. The zero-order valence-electron chi connectivity index (χ0n) is 12.9. The molecule has 0 saturated carbocycles. The van der Waals surface area contributed by atoms with Crippen LogP contribution in [0, 0.1) is 11.6 Å². The van der Waals surface area contributed by atoms with Crippen molar-refractivity contribution in [3.05, 3.63) is 71.2 Å². The summed E-state index contributed by atoms with van der Waals surface area (Å²) in [5.74, 6) is -1.35. The van der Waals surface area contributed by atoms with Crippen molar-refractivity contribution in [2.45, 2.75) is 11.3 Å². The Morgan fingerprint density at radius 3 is 2.36 bits per heavy atom. The number of hydrogen-bond donors (Lipinski definition) is 1. The first-order chi connectivity index (χ1) is 12.0. The Hall–Kier alpha value is -2.16. The molecule has 0 bridgehead atoms. The number of halogens is 2. The molecule has 0 spiro atoms. The van der Waals surface area contributed by atoms with E-state index in [2.05, 4.69) is 9.71 Å². The van der Waals surface area contributed by atoms with Crippen molar-refractivity contribution < 1.29 is 17.2 Å². The van der Waals surface area contributed by atoms with Crippen molar-refractivity contribution >= 4 is 21.4 Å². The molecule has 0 aliphatic heterocycles. The molecular formula is C17H14F2N2O2S2. The van der Waals surface area contributed by atoms with Crippen LogP contribution < -0.4 is 4.72 Å². The minimum atomic E-state index is -3.58.